The molecule has 1 amide bonds. The Kier molecular flexibility index (Phi) is 5.90. The van der Waals surface area contributed by atoms with Crippen LogP contribution in [0.5, 0.6) is 5.75 Å². The third-order valence-corrected chi connectivity index (χ3v) is 5.50. The van der Waals surface area contributed by atoms with Gasteiger partial charge in [0.25, 0.3) is 0 Å². The van der Waals surface area contributed by atoms with Gasteiger partial charge in [0.05, 0.1) is 21.0 Å². The number of sulfone groups is 1. The lowest BCUT2D eigenvalue weighted by atomic mass is 10.2. The van der Waals surface area contributed by atoms with Gasteiger partial charge in [-0.2, -0.15) is 13.2 Å². The second-order valence-corrected chi connectivity index (χ2v) is 7.83. The fourth-order valence-electron chi connectivity index (χ4n) is 2.15. The zero-order valence-corrected chi connectivity index (χ0v) is 15.2. The molecule has 2 aromatic carbocycles. The number of carboxylic acids is 1. The van der Waals surface area contributed by atoms with Crippen LogP contribution in [0.3, 0.4) is 0 Å². The molecule has 0 aliphatic rings. The van der Waals surface area contributed by atoms with Crippen molar-refractivity contribution in [3.8, 4) is 5.75 Å². The highest BCUT2D eigenvalue weighted by Gasteiger charge is 2.32. The number of halogens is 4. The first-order valence-corrected chi connectivity index (χ1v) is 9.28. The van der Waals surface area contributed by atoms with Gasteiger partial charge in [-0.3, -0.25) is 4.79 Å². The maximum Gasteiger partial charge on any atom is 0.416 e. The van der Waals surface area contributed by atoms with Gasteiger partial charge in [0.15, 0.2) is 9.84 Å². The van der Waals surface area contributed by atoms with E-state index in [2.05, 4.69) is 5.32 Å². The molecule has 2 aromatic rings. The topological polar surface area (TPSA) is 124 Å². The molecule has 28 heavy (non-hydrogen) atoms. The minimum atomic E-state index is -4.72. The van der Waals surface area contributed by atoms with E-state index in [9.17, 15) is 36.3 Å². The van der Waals surface area contributed by atoms with Crippen molar-refractivity contribution in [3.63, 3.8) is 0 Å². The molecule has 0 radical (unpaired) electrons. The van der Waals surface area contributed by atoms with Crippen LogP contribution in [0, 0.1) is 0 Å². The lowest BCUT2D eigenvalue weighted by Crippen LogP contribution is -2.23. The maximum absolute atomic E-state index is 12.6. The monoisotopic (exact) mass is 436 g/mol. The van der Waals surface area contributed by atoms with Crippen LogP contribution in [-0.4, -0.2) is 31.2 Å². The molecule has 0 aliphatic carbocycles. The molecule has 2 N–H and O–H groups in total. The zero-order valence-electron chi connectivity index (χ0n) is 13.6. The summed E-state index contributed by atoms with van der Waals surface area (Å²) in [7, 11) is -4.40. The van der Waals surface area contributed by atoms with E-state index in [-0.39, 0.29) is 5.69 Å². The number of nitrogens with one attached hydrogen (secondary N) is 1. The van der Waals surface area contributed by atoms with Crippen LogP contribution in [0.2, 0.25) is 5.02 Å². The first-order chi connectivity index (χ1) is 12.8. The van der Waals surface area contributed by atoms with Gasteiger partial charge >= 0.3 is 12.1 Å². The van der Waals surface area contributed by atoms with Crippen LogP contribution in [0.1, 0.15) is 15.9 Å². The summed E-state index contributed by atoms with van der Waals surface area (Å²) in [6.45, 7) is 0. The summed E-state index contributed by atoms with van der Waals surface area (Å²) in [5, 5.41) is 21.6. The Hall–Kier alpha value is -2.79. The quantitative estimate of drug-likeness (QED) is 0.742. The number of hydrogen-bond acceptors (Lipinski definition) is 5. The smallest absolute Gasteiger partial charge is 0.416 e. The van der Waals surface area contributed by atoms with Crippen molar-refractivity contribution in [2.45, 2.75) is 11.1 Å². The number of aromatic carboxylic acids is 1. The Morgan fingerprint density at radius 3 is 2.32 bits per heavy atom. The molecular formula is C16H10ClF3NO6S-. The number of carbonyl (C=O) groups excluding carboxylic acids is 1. The van der Waals surface area contributed by atoms with Crippen molar-refractivity contribution in [3.05, 3.63) is 52.5 Å². The Balaban J connectivity index is 2.22. The van der Waals surface area contributed by atoms with Crippen LogP contribution in [0.15, 0.2) is 41.3 Å². The van der Waals surface area contributed by atoms with Crippen molar-refractivity contribution in [2.75, 3.05) is 11.1 Å². The Bertz CT molecular complexity index is 1050. The Morgan fingerprint density at radius 2 is 1.79 bits per heavy atom. The zero-order chi connectivity index (χ0) is 21.3. The SMILES string of the molecule is O=C(CS(=O)(=O)c1ccc(C(F)(F)F)cc1Cl)Nc1ccc([O-])c(C(=O)O)c1. The molecule has 0 atom stereocenters. The molecule has 0 aromatic heterocycles. The van der Waals surface area contributed by atoms with Crippen molar-refractivity contribution in [1.82, 2.24) is 0 Å². The number of carbonyl (C=O) groups is 2. The second-order valence-electron chi connectivity index (χ2n) is 5.47. The molecule has 0 fully saturated rings. The molecular weight excluding hydrogens is 427 g/mol. The van der Waals surface area contributed by atoms with Gasteiger partial charge in [0.2, 0.25) is 5.91 Å². The van der Waals surface area contributed by atoms with Gasteiger partial charge in [0.1, 0.15) is 5.75 Å². The molecule has 0 aliphatic heterocycles. The maximum atomic E-state index is 12.6. The van der Waals surface area contributed by atoms with E-state index >= 15 is 0 Å². The van der Waals surface area contributed by atoms with Crippen LogP contribution in [-0.2, 0) is 20.8 Å². The normalized spacial score (nSPS) is 11.9. The highest BCUT2D eigenvalue weighted by Crippen LogP contribution is 2.33. The van der Waals surface area contributed by atoms with Gasteiger partial charge in [-0.1, -0.05) is 23.4 Å². The number of benzene rings is 2. The van der Waals surface area contributed by atoms with Crippen LogP contribution >= 0.6 is 11.6 Å². The fraction of sp³-hybridized carbons (Fsp3) is 0.125. The van der Waals surface area contributed by atoms with Crippen LogP contribution < -0.4 is 10.4 Å². The Labute approximate surface area is 161 Å². The van der Waals surface area contributed by atoms with Gasteiger partial charge in [0, 0.05) is 5.69 Å². The third kappa shape index (κ3) is 4.93. The van der Waals surface area contributed by atoms with Gasteiger partial charge in [-0.15, -0.1) is 0 Å². The standard InChI is InChI=1S/C16H11ClF3NO6S/c17-11-5-8(16(18,19)20)1-4-13(11)28(26,27)7-14(23)21-9-2-3-12(22)10(6-9)15(24)25/h1-6,22H,7H2,(H,21,23)(H,24,25)/p-1. The van der Waals surface area contributed by atoms with E-state index in [4.69, 9.17) is 16.7 Å². The summed E-state index contributed by atoms with van der Waals surface area (Å²) in [5.74, 6) is -4.62. The van der Waals surface area contributed by atoms with E-state index in [0.717, 1.165) is 18.2 Å². The highest BCUT2D eigenvalue weighted by molar-refractivity contribution is 7.92. The molecule has 0 saturated heterocycles. The van der Waals surface area contributed by atoms with Crippen LogP contribution in [0.4, 0.5) is 18.9 Å². The number of rotatable bonds is 5. The Morgan fingerprint density at radius 1 is 1.14 bits per heavy atom. The molecule has 0 heterocycles. The van der Waals surface area contributed by atoms with Crippen molar-refractivity contribution >= 4 is 39.0 Å². The first-order valence-electron chi connectivity index (χ1n) is 7.25. The van der Waals surface area contributed by atoms with E-state index in [0.29, 0.717) is 18.2 Å². The molecule has 0 unspecified atom stereocenters. The van der Waals surface area contributed by atoms with Gasteiger partial charge in [-0.05, 0) is 30.3 Å². The summed E-state index contributed by atoms with van der Waals surface area (Å²) >= 11 is 5.63. The predicted octanol–water partition coefficient (Wildman–Crippen LogP) is 2.54. The highest BCUT2D eigenvalue weighted by atomic mass is 35.5. The summed E-state index contributed by atoms with van der Waals surface area (Å²) in [6, 6.07) is 4.38. The van der Waals surface area contributed by atoms with E-state index in [1.165, 1.54) is 0 Å². The third-order valence-electron chi connectivity index (χ3n) is 3.41. The lowest BCUT2D eigenvalue weighted by Gasteiger charge is -2.13. The largest absolute Gasteiger partial charge is 0.872 e. The lowest BCUT2D eigenvalue weighted by molar-refractivity contribution is -0.268. The molecule has 2 rings (SSSR count). The van der Waals surface area contributed by atoms with Crippen LogP contribution in [0.25, 0.3) is 0 Å². The minimum Gasteiger partial charge on any atom is -0.872 e. The average Bonchev–Trinajstić information content (AvgIpc) is 2.54. The number of amides is 1. The second kappa shape index (κ2) is 7.68. The summed E-state index contributed by atoms with van der Waals surface area (Å²) in [5.41, 5.74) is -1.93. The molecule has 150 valence electrons. The molecule has 0 spiro atoms. The van der Waals surface area contributed by atoms with Crippen molar-refractivity contribution < 1.29 is 41.4 Å². The average molecular weight is 437 g/mol. The molecule has 0 saturated carbocycles. The first kappa shape index (κ1) is 21.5. The number of hydrogen-bond donors (Lipinski definition) is 2. The van der Waals surface area contributed by atoms with E-state index in [1.54, 1.807) is 0 Å². The summed E-state index contributed by atoms with van der Waals surface area (Å²) in [6.07, 6.45) is -4.72. The van der Waals surface area contributed by atoms with Crippen molar-refractivity contribution in [2.24, 2.45) is 0 Å². The van der Waals surface area contributed by atoms with Gasteiger partial charge < -0.3 is 15.5 Å². The summed E-state index contributed by atoms with van der Waals surface area (Å²) in [4.78, 5) is 22.2. The van der Waals surface area contributed by atoms with Gasteiger partial charge in [-0.25, -0.2) is 13.2 Å². The number of carboxylic acid groups (broad SMARTS) is 1. The molecule has 0 bridgehead atoms. The number of anilines is 1. The predicted molar refractivity (Wildman–Crippen MR) is 90.0 cm³/mol. The van der Waals surface area contributed by atoms with Crippen molar-refractivity contribution in [1.29, 1.82) is 0 Å². The molecule has 7 nitrogen and oxygen atoms in total. The van der Waals surface area contributed by atoms with E-state index in [1.807, 2.05) is 0 Å². The fourth-order valence-corrected chi connectivity index (χ4v) is 3.89. The minimum absolute atomic E-state index is 0.143. The van der Waals surface area contributed by atoms with E-state index < -0.39 is 60.4 Å². The number of alkyl halides is 3. The summed E-state index contributed by atoms with van der Waals surface area (Å²) < 4.78 is 62.4. The molecule has 12 heteroatoms.